The van der Waals surface area contributed by atoms with E-state index in [1.807, 2.05) is 44.4 Å². The summed E-state index contributed by atoms with van der Waals surface area (Å²) in [6.45, 7) is 10.3. The molecular formula is C29H46N4O6S. The first-order chi connectivity index (χ1) is 18.8. The van der Waals surface area contributed by atoms with Crippen LogP contribution in [-0.2, 0) is 25.7 Å². The predicted molar refractivity (Wildman–Crippen MR) is 157 cm³/mol. The molecular weight excluding hydrogens is 532 g/mol. The molecule has 0 bridgehead atoms. The first kappa shape index (κ1) is 33.3. The number of alkyl carbamates (subject to hydrolysis) is 1. The molecule has 4 amide bonds. The quantitative estimate of drug-likeness (QED) is 0.347. The van der Waals surface area contributed by atoms with Crippen molar-refractivity contribution in [3.05, 3.63) is 29.8 Å². The molecule has 1 aromatic carbocycles. The maximum Gasteiger partial charge on any atom is 0.408 e. The van der Waals surface area contributed by atoms with E-state index in [2.05, 4.69) is 16.0 Å². The number of carbonyl (C=O) groups excluding carboxylic acids is 4. The predicted octanol–water partition coefficient (Wildman–Crippen LogP) is 3.34. The maximum atomic E-state index is 13.2. The van der Waals surface area contributed by atoms with Crippen LogP contribution in [0.25, 0.3) is 0 Å². The highest BCUT2D eigenvalue weighted by Crippen LogP contribution is 2.20. The molecule has 11 heteroatoms. The van der Waals surface area contributed by atoms with Gasteiger partial charge in [-0.05, 0) is 75.7 Å². The van der Waals surface area contributed by atoms with Gasteiger partial charge in [-0.2, -0.15) is 11.8 Å². The molecule has 2 unspecified atom stereocenters. The van der Waals surface area contributed by atoms with Gasteiger partial charge < -0.3 is 30.3 Å². The first-order valence-electron chi connectivity index (χ1n) is 13.8. The molecule has 0 aromatic heterocycles. The van der Waals surface area contributed by atoms with Crippen LogP contribution in [0.15, 0.2) is 24.3 Å². The lowest BCUT2D eigenvalue weighted by Gasteiger charge is -2.34. The van der Waals surface area contributed by atoms with Gasteiger partial charge in [0.1, 0.15) is 23.4 Å². The number of likely N-dealkylation sites (tertiary alicyclic amines) is 1. The van der Waals surface area contributed by atoms with Crippen molar-refractivity contribution in [2.75, 3.05) is 32.2 Å². The van der Waals surface area contributed by atoms with Gasteiger partial charge >= 0.3 is 6.09 Å². The number of hydrogen-bond acceptors (Lipinski definition) is 7. The van der Waals surface area contributed by atoms with Gasteiger partial charge in [-0.1, -0.05) is 26.0 Å². The fourth-order valence-corrected chi connectivity index (χ4v) is 4.85. The van der Waals surface area contributed by atoms with E-state index < -0.39 is 23.8 Å². The van der Waals surface area contributed by atoms with Crippen LogP contribution in [0.5, 0.6) is 5.75 Å². The maximum absolute atomic E-state index is 13.2. The molecule has 0 spiro atoms. The molecule has 1 heterocycles. The average molecular weight is 579 g/mol. The Kier molecular flexibility index (Phi) is 13.1. The molecule has 10 nitrogen and oxygen atoms in total. The van der Waals surface area contributed by atoms with Crippen molar-refractivity contribution in [2.45, 2.75) is 78.1 Å². The van der Waals surface area contributed by atoms with Gasteiger partial charge in [0.05, 0.1) is 7.11 Å². The first-order valence-corrected chi connectivity index (χ1v) is 15.2. The number of rotatable bonds is 12. The SMILES string of the molecule is COc1ccc(CNC(=O)C(NC(=O)C2CCN(C(=O)C(CCSC)NC(=O)OC(C)(C)C)CC2)C(C)C)cc1. The van der Waals surface area contributed by atoms with Crippen LogP contribution in [0.4, 0.5) is 4.79 Å². The van der Waals surface area contributed by atoms with E-state index in [9.17, 15) is 19.2 Å². The highest BCUT2D eigenvalue weighted by Gasteiger charge is 2.34. The number of thioether (sulfide) groups is 1. The van der Waals surface area contributed by atoms with Gasteiger partial charge in [-0.25, -0.2) is 4.79 Å². The lowest BCUT2D eigenvalue weighted by Crippen LogP contribution is -2.54. The zero-order valence-corrected chi connectivity index (χ0v) is 25.7. The van der Waals surface area contributed by atoms with Gasteiger partial charge in [0.15, 0.2) is 0 Å². The van der Waals surface area contributed by atoms with E-state index in [1.54, 1.807) is 44.5 Å². The largest absolute Gasteiger partial charge is 0.497 e. The van der Waals surface area contributed by atoms with E-state index in [0.717, 1.165) is 11.3 Å². The molecule has 224 valence electrons. The number of benzene rings is 1. The second-order valence-electron chi connectivity index (χ2n) is 11.4. The van der Waals surface area contributed by atoms with Crippen molar-refractivity contribution in [2.24, 2.45) is 11.8 Å². The summed E-state index contributed by atoms with van der Waals surface area (Å²) in [7, 11) is 1.60. The Morgan fingerprint density at radius 1 is 1.05 bits per heavy atom. The Bertz CT molecular complexity index is 987. The van der Waals surface area contributed by atoms with Crippen LogP contribution in [0.1, 0.15) is 59.4 Å². The molecule has 1 aliphatic rings. The van der Waals surface area contributed by atoms with Crippen LogP contribution in [0, 0.1) is 11.8 Å². The number of amides is 4. The van der Waals surface area contributed by atoms with Crippen LogP contribution >= 0.6 is 11.8 Å². The van der Waals surface area contributed by atoms with E-state index in [0.29, 0.717) is 44.6 Å². The summed E-state index contributed by atoms with van der Waals surface area (Å²) in [6.07, 6.45) is 2.78. The van der Waals surface area contributed by atoms with E-state index in [4.69, 9.17) is 9.47 Å². The van der Waals surface area contributed by atoms with Gasteiger partial charge in [-0.15, -0.1) is 0 Å². The summed E-state index contributed by atoms with van der Waals surface area (Å²) in [6, 6.07) is 6.07. The number of carbonyl (C=O) groups is 4. The van der Waals surface area contributed by atoms with Crippen LogP contribution in [-0.4, -0.2) is 78.6 Å². The second-order valence-corrected chi connectivity index (χ2v) is 12.4. The fraction of sp³-hybridized carbons (Fsp3) is 0.655. The number of methoxy groups -OCH3 is 1. The molecule has 2 rings (SSSR count). The van der Waals surface area contributed by atoms with Crippen molar-refractivity contribution in [3.63, 3.8) is 0 Å². The van der Waals surface area contributed by atoms with Gasteiger partial charge in [0.2, 0.25) is 17.7 Å². The summed E-state index contributed by atoms with van der Waals surface area (Å²) in [5.74, 6) is 0.456. The van der Waals surface area contributed by atoms with Crippen molar-refractivity contribution in [1.29, 1.82) is 0 Å². The van der Waals surface area contributed by atoms with E-state index in [1.165, 1.54) is 0 Å². The topological polar surface area (TPSA) is 126 Å². The number of piperidine rings is 1. The Hall–Kier alpha value is -2.95. The third kappa shape index (κ3) is 10.9. The van der Waals surface area contributed by atoms with Crippen molar-refractivity contribution in [3.8, 4) is 5.75 Å². The molecule has 0 aliphatic carbocycles. The van der Waals surface area contributed by atoms with Crippen molar-refractivity contribution >= 4 is 35.6 Å². The summed E-state index contributed by atoms with van der Waals surface area (Å²) < 4.78 is 10.5. The molecule has 1 fully saturated rings. The normalized spacial score (nSPS) is 15.7. The molecule has 0 saturated carbocycles. The third-order valence-electron chi connectivity index (χ3n) is 6.65. The molecule has 3 N–H and O–H groups in total. The fourth-order valence-electron chi connectivity index (χ4n) is 4.37. The zero-order chi connectivity index (χ0) is 29.9. The van der Waals surface area contributed by atoms with Crippen LogP contribution in [0.3, 0.4) is 0 Å². The smallest absolute Gasteiger partial charge is 0.408 e. The summed E-state index contributed by atoms with van der Waals surface area (Å²) in [5, 5.41) is 8.57. The highest BCUT2D eigenvalue weighted by molar-refractivity contribution is 7.98. The molecule has 40 heavy (non-hydrogen) atoms. The highest BCUT2D eigenvalue weighted by atomic mass is 32.2. The van der Waals surface area contributed by atoms with Gasteiger partial charge in [0, 0.05) is 25.6 Å². The Labute approximate surface area is 242 Å². The van der Waals surface area contributed by atoms with Crippen LogP contribution < -0.4 is 20.7 Å². The number of ether oxygens (including phenoxy) is 2. The third-order valence-corrected chi connectivity index (χ3v) is 7.29. The lowest BCUT2D eigenvalue weighted by atomic mass is 9.94. The van der Waals surface area contributed by atoms with E-state index >= 15 is 0 Å². The summed E-state index contributed by atoms with van der Waals surface area (Å²) >= 11 is 1.60. The minimum Gasteiger partial charge on any atom is -0.497 e. The minimum atomic E-state index is -0.688. The number of nitrogens with one attached hydrogen (secondary N) is 3. The number of nitrogens with zero attached hydrogens (tertiary/aromatic N) is 1. The molecule has 0 radical (unpaired) electrons. The molecule has 1 saturated heterocycles. The van der Waals surface area contributed by atoms with Gasteiger partial charge in [-0.3, -0.25) is 14.4 Å². The average Bonchev–Trinajstić information content (AvgIpc) is 2.91. The Morgan fingerprint density at radius 3 is 2.20 bits per heavy atom. The standard InChI is InChI=1S/C29H46N4O6S/c1-19(2)24(26(35)30-18-20-8-10-22(38-6)11-9-20)32-25(34)21-12-15-33(16-13-21)27(36)23(14-17-40-7)31-28(37)39-29(3,4)5/h8-11,19,21,23-24H,12-18H2,1-7H3,(H,30,35)(H,31,37)(H,32,34). The zero-order valence-electron chi connectivity index (χ0n) is 24.9. The van der Waals surface area contributed by atoms with E-state index in [-0.39, 0.29) is 29.6 Å². The Morgan fingerprint density at radius 2 is 1.68 bits per heavy atom. The summed E-state index contributed by atoms with van der Waals surface area (Å²) in [5.41, 5.74) is 0.264. The molecule has 2 atom stereocenters. The lowest BCUT2D eigenvalue weighted by molar-refractivity contribution is -0.138. The Balaban J connectivity index is 1.91. The van der Waals surface area contributed by atoms with Crippen LogP contribution in [0.2, 0.25) is 0 Å². The number of hydrogen-bond donors (Lipinski definition) is 3. The monoisotopic (exact) mass is 578 g/mol. The second kappa shape index (κ2) is 15.7. The molecule has 1 aromatic rings. The van der Waals surface area contributed by atoms with Crippen molar-refractivity contribution < 1.29 is 28.7 Å². The van der Waals surface area contributed by atoms with Gasteiger partial charge in [0.25, 0.3) is 0 Å². The minimum absolute atomic E-state index is 0.0994. The summed E-state index contributed by atoms with van der Waals surface area (Å²) in [4.78, 5) is 53.3. The van der Waals surface area contributed by atoms with Crippen molar-refractivity contribution in [1.82, 2.24) is 20.9 Å². The molecule has 1 aliphatic heterocycles.